The van der Waals surface area contributed by atoms with Gasteiger partial charge in [0, 0.05) is 19.3 Å². The third-order valence-electron chi connectivity index (χ3n) is 2.63. The first kappa shape index (κ1) is 13.5. The van der Waals surface area contributed by atoms with E-state index in [2.05, 4.69) is 22.5 Å². The van der Waals surface area contributed by atoms with Crippen LogP contribution in [0, 0.1) is 0 Å². The van der Waals surface area contributed by atoms with Crippen LogP contribution in [0.4, 0.5) is 5.82 Å². The molecule has 2 aromatic heterocycles. The molecule has 0 unspecified atom stereocenters. The van der Waals surface area contributed by atoms with Gasteiger partial charge in [0.05, 0.1) is 5.56 Å². The molecule has 5 heteroatoms. The lowest BCUT2D eigenvalue weighted by Crippen LogP contribution is -2.24. The Labute approximate surface area is 116 Å². The second-order valence-electron chi connectivity index (χ2n) is 4.14. The Bertz CT molecular complexity index is 525. The van der Waals surface area contributed by atoms with Gasteiger partial charge in [0.1, 0.15) is 5.82 Å². The van der Waals surface area contributed by atoms with Crippen LogP contribution < -0.4 is 10.6 Å². The normalized spacial score (nSPS) is 10.2. The number of carbonyl (C=O) groups excluding carboxylic acids is 1. The molecular formula is C14H17N3OS. The van der Waals surface area contributed by atoms with Crippen LogP contribution >= 0.6 is 11.3 Å². The lowest BCUT2D eigenvalue weighted by atomic mass is 10.2. The maximum atomic E-state index is 12.1. The number of carbonyl (C=O) groups is 1. The Kier molecular flexibility index (Phi) is 4.92. The zero-order chi connectivity index (χ0) is 13.5. The van der Waals surface area contributed by atoms with Crippen molar-refractivity contribution in [2.75, 3.05) is 11.9 Å². The first-order valence-corrected chi connectivity index (χ1v) is 7.23. The molecule has 19 heavy (non-hydrogen) atoms. The topological polar surface area (TPSA) is 54.0 Å². The SMILES string of the molecule is CCCNc1ncccc1C(=O)NCc1ccsc1. The summed E-state index contributed by atoms with van der Waals surface area (Å²) in [6.07, 6.45) is 2.68. The molecule has 0 aromatic carbocycles. The van der Waals surface area contributed by atoms with E-state index < -0.39 is 0 Å². The van der Waals surface area contributed by atoms with Crippen molar-refractivity contribution in [1.29, 1.82) is 0 Å². The highest BCUT2D eigenvalue weighted by molar-refractivity contribution is 7.07. The molecule has 0 aliphatic carbocycles. The number of nitrogens with one attached hydrogen (secondary N) is 2. The largest absolute Gasteiger partial charge is 0.369 e. The van der Waals surface area contributed by atoms with Gasteiger partial charge < -0.3 is 10.6 Å². The number of pyridine rings is 1. The lowest BCUT2D eigenvalue weighted by Gasteiger charge is -2.10. The number of aromatic nitrogens is 1. The van der Waals surface area contributed by atoms with Crippen LogP contribution in [-0.2, 0) is 6.54 Å². The van der Waals surface area contributed by atoms with Crippen LogP contribution in [-0.4, -0.2) is 17.4 Å². The number of thiophene rings is 1. The molecule has 0 aliphatic heterocycles. The summed E-state index contributed by atoms with van der Waals surface area (Å²) in [5.74, 6) is 0.546. The maximum Gasteiger partial charge on any atom is 0.255 e. The van der Waals surface area contributed by atoms with Crippen LogP contribution in [0.1, 0.15) is 29.3 Å². The smallest absolute Gasteiger partial charge is 0.255 e. The van der Waals surface area contributed by atoms with Gasteiger partial charge in [-0.25, -0.2) is 4.98 Å². The van der Waals surface area contributed by atoms with Gasteiger partial charge in [-0.2, -0.15) is 11.3 Å². The molecule has 2 rings (SSSR count). The monoisotopic (exact) mass is 275 g/mol. The molecule has 0 atom stereocenters. The van der Waals surface area contributed by atoms with Gasteiger partial charge in [-0.05, 0) is 40.9 Å². The number of nitrogens with zero attached hydrogens (tertiary/aromatic N) is 1. The zero-order valence-electron chi connectivity index (χ0n) is 10.8. The van der Waals surface area contributed by atoms with Crippen molar-refractivity contribution >= 4 is 23.1 Å². The van der Waals surface area contributed by atoms with Crippen molar-refractivity contribution in [1.82, 2.24) is 10.3 Å². The summed E-state index contributed by atoms with van der Waals surface area (Å²) >= 11 is 1.63. The quantitative estimate of drug-likeness (QED) is 0.852. The molecule has 2 heterocycles. The second kappa shape index (κ2) is 6.89. The number of hydrogen-bond acceptors (Lipinski definition) is 4. The van der Waals surface area contributed by atoms with Gasteiger partial charge >= 0.3 is 0 Å². The molecule has 2 N–H and O–H groups in total. The molecule has 4 nitrogen and oxygen atoms in total. The van der Waals surface area contributed by atoms with E-state index in [0.29, 0.717) is 17.9 Å². The van der Waals surface area contributed by atoms with Crippen LogP contribution in [0.25, 0.3) is 0 Å². The van der Waals surface area contributed by atoms with E-state index in [1.165, 1.54) is 0 Å². The van der Waals surface area contributed by atoms with E-state index in [0.717, 1.165) is 18.5 Å². The van der Waals surface area contributed by atoms with Crippen molar-refractivity contribution in [2.24, 2.45) is 0 Å². The lowest BCUT2D eigenvalue weighted by molar-refractivity contribution is 0.0951. The fourth-order valence-corrected chi connectivity index (χ4v) is 2.31. The van der Waals surface area contributed by atoms with E-state index in [9.17, 15) is 4.79 Å². The molecule has 0 saturated heterocycles. The van der Waals surface area contributed by atoms with E-state index in [1.54, 1.807) is 29.7 Å². The average Bonchev–Trinajstić information content (AvgIpc) is 2.96. The Morgan fingerprint density at radius 3 is 3.05 bits per heavy atom. The third-order valence-corrected chi connectivity index (χ3v) is 3.36. The van der Waals surface area contributed by atoms with E-state index in [1.807, 2.05) is 16.8 Å². The Hall–Kier alpha value is -1.88. The average molecular weight is 275 g/mol. The highest BCUT2D eigenvalue weighted by atomic mass is 32.1. The summed E-state index contributed by atoms with van der Waals surface area (Å²) in [6, 6.07) is 5.56. The van der Waals surface area contributed by atoms with Gasteiger partial charge in [-0.1, -0.05) is 6.92 Å². The van der Waals surface area contributed by atoms with Crippen LogP contribution in [0.5, 0.6) is 0 Å². The first-order valence-electron chi connectivity index (χ1n) is 6.29. The molecule has 1 amide bonds. The fraction of sp³-hybridized carbons (Fsp3) is 0.286. The molecule has 0 aliphatic rings. The molecule has 0 spiro atoms. The van der Waals surface area contributed by atoms with Gasteiger partial charge in [-0.3, -0.25) is 4.79 Å². The summed E-state index contributed by atoms with van der Waals surface area (Å²) in [7, 11) is 0. The van der Waals surface area contributed by atoms with Crippen molar-refractivity contribution < 1.29 is 4.79 Å². The van der Waals surface area contributed by atoms with Gasteiger partial charge in [0.15, 0.2) is 0 Å². The first-order chi connectivity index (χ1) is 9.31. The van der Waals surface area contributed by atoms with Crippen molar-refractivity contribution in [2.45, 2.75) is 19.9 Å². The van der Waals surface area contributed by atoms with Crippen LogP contribution in [0.2, 0.25) is 0 Å². The molecule has 2 aromatic rings. The predicted octanol–water partition coefficient (Wildman–Crippen LogP) is 2.90. The number of hydrogen-bond donors (Lipinski definition) is 2. The molecule has 0 saturated carbocycles. The Morgan fingerprint density at radius 2 is 2.32 bits per heavy atom. The fourth-order valence-electron chi connectivity index (χ4n) is 1.64. The molecule has 0 bridgehead atoms. The van der Waals surface area contributed by atoms with E-state index >= 15 is 0 Å². The Morgan fingerprint density at radius 1 is 1.42 bits per heavy atom. The third kappa shape index (κ3) is 3.79. The van der Waals surface area contributed by atoms with Gasteiger partial charge in [0.2, 0.25) is 0 Å². The number of rotatable bonds is 6. The molecule has 0 radical (unpaired) electrons. The van der Waals surface area contributed by atoms with Crippen LogP contribution in [0.3, 0.4) is 0 Å². The van der Waals surface area contributed by atoms with Crippen molar-refractivity contribution in [3.63, 3.8) is 0 Å². The zero-order valence-corrected chi connectivity index (χ0v) is 11.7. The van der Waals surface area contributed by atoms with E-state index in [-0.39, 0.29) is 5.91 Å². The minimum atomic E-state index is -0.0992. The van der Waals surface area contributed by atoms with Crippen molar-refractivity contribution in [3.05, 3.63) is 46.3 Å². The Balaban J connectivity index is 2.01. The summed E-state index contributed by atoms with van der Waals surface area (Å²) in [5.41, 5.74) is 1.71. The maximum absolute atomic E-state index is 12.1. The molecular weight excluding hydrogens is 258 g/mol. The van der Waals surface area contributed by atoms with Crippen LogP contribution in [0.15, 0.2) is 35.2 Å². The number of amides is 1. The highest BCUT2D eigenvalue weighted by Crippen LogP contribution is 2.12. The summed E-state index contributed by atoms with van der Waals surface area (Å²) in [6.45, 7) is 3.43. The van der Waals surface area contributed by atoms with Gasteiger partial charge in [-0.15, -0.1) is 0 Å². The standard InChI is InChI=1S/C14H17N3OS/c1-2-6-15-13-12(4-3-7-16-13)14(18)17-9-11-5-8-19-10-11/h3-5,7-8,10H,2,6,9H2,1H3,(H,15,16)(H,17,18). The number of anilines is 1. The molecule has 100 valence electrons. The molecule has 0 fully saturated rings. The van der Waals surface area contributed by atoms with E-state index in [4.69, 9.17) is 0 Å². The second-order valence-corrected chi connectivity index (χ2v) is 4.92. The van der Waals surface area contributed by atoms with Crippen molar-refractivity contribution in [3.8, 4) is 0 Å². The predicted molar refractivity (Wildman–Crippen MR) is 78.5 cm³/mol. The summed E-state index contributed by atoms with van der Waals surface area (Å²) in [5, 5.41) is 10.1. The summed E-state index contributed by atoms with van der Waals surface area (Å²) < 4.78 is 0. The highest BCUT2D eigenvalue weighted by Gasteiger charge is 2.11. The van der Waals surface area contributed by atoms with Gasteiger partial charge in [0.25, 0.3) is 5.91 Å². The minimum absolute atomic E-state index is 0.0992. The summed E-state index contributed by atoms with van der Waals surface area (Å²) in [4.78, 5) is 16.3. The minimum Gasteiger partial charge on any atom is -0.369 e.